The maximum atomic E-state index is 13.7. The van der Waals surface area contributed by atoms with Gasteiger partial charge in [0.2, 0.25) is 5.91 Å². The Morgan fingerprint density at radius 1 is 1.11 bits per heavy atom. The quantitative estimate of drug-likeness (QED) is 0.222. The van der Waals surface area contributed by atoms with E-state index < -0.39 is 0 Å². The summed E-state index contributed by atoms with van der Waals surface area (Å²) < 4.78 is 5.33. The number of methoxy groups -OCH3 is 1. The maximum Gasteiger partial charge on any atom is 0.254 e. The van der Waals surface area contributed by atoms with Crippen molar-refractivity contribution < 1.29 is 14.3 Å². The van der Waals surface area contributed by atoms with Crippen LogP contribution in [0.2, 0.25) is 0 Å². The molecule has 1 unspecified atom stereocenters. The van der Waals surface area contributed by atoms with Crippen molar-refractivity contribution in [3.63, 3.8) is 0 Å². The first-order valence-electron chi connectivity index (χ1n) is 13.0. The van der Waals surface area contributed by atoms with Crippen LogP contribution in [0.25, 0.3) is 0 Å². The number of hydrogen-bond acceptors (Lipinski definition) is 4. The minimum atomic E-state index is -0.184. The smallest absolute Gasteiger partial charge is 0.254 e. The van der Waals surface area contributed by atoms with Crippen LogP contribution in [0.1, 0.15) is 64.2 Å². The molecule has 2 amide bonds. The first-order chi connectivity index (χ1) is 18.0. The van der Waals surface area contributed by atoms with E-state index in [-0.39, 0.29) is 24.4 Å². The number of benzene rings is 2. The molecule has 0 saturated heterocycles. The zero-order valence-corrected chi connectivity index (χ0v) is 22.6. The van der Waals surface area contributed by atoms with Gasteiger partial charge in [0.1, 0.15) is 12.3 Å². The number of aryl methyl sites for hydroxylation is 1. The van der Waals surface area contributed by atoms with Gasteiger partial charge in [0.05, 0.1) is 13.2 Å². The van der Waals surface area contributed by atoms with Gasteiger partial charge in [-0.25, -0.2) is 0 Å². The van der Waals surface area contributed by atoms with Crippen molar-refractivity contribution in [2.45, 2.75) is 45.1 Å². The summed E-state index contributed by atoms with van der Waals surface area (Å²) in [5, 5.41) is 2.09. The minimum Gasteiger partial charge on any atom is -0.497 e. The van der Waals surface area contributed by atoms with Crippen molar-refractivity contribution in [1.29, 1.82) is 0 Å². The highest BCUT2D eigenvalue weighted by Crippen LogP contribution is 2.38. The molecule has 1 aliphatic rings. The fourth-order valence-corrected chi connectivity index (χ4v) is 5.84. The third kappa shape index (κ3) is 6.31. The topological polar surface area (TPSA) is 49.9 Å². The van der Waals surface area contributed by atoms with Crippen molar-refractivity contribution in [3.8, 4) is 5.75 Å². The van der Waals surface area contributed by atoms with E-state index in [0.29, 0.717) is 18.7 Å². The van der Waals surface area contributed by atoms with Crippen LogP contribution in [-0.2, 0) is 17.6 Å². The van der Waals surface area contributed by atoms with Crippen molar-refractivity contribution >= 4 is 23.2 Å². The lowest BCUT2D eigenvalue weighted by Crippen LogP contribution is -2.46. The second kappa shape index (κ2) is 12.7. The third-order valence-electron chi connectivity index (χ3n) is 6.95. The van der Waals surface area contributed by atoms with Crippen LogP contribution in [0, 0.1) is 0 Å². The molecule has 1 aliphatic heterocycles. The standard InChI is InChI=1S/C31H36N2O3S/c1-4-6-7-8-23-9-11-25(12-10-23)31(35)32(19-5-2)22-29(34)33-20-17-28-27(18-21-37-28)30(33)24-13-15-26(36-3)16-14-24/h5,9-16,18,21,30H,2,4,6-8,17,19-20,22H2,1,3H3. The van der Waals surface area contributed by atoms with Crippen LogP contribution in [0.5, 0.6) is 5.75 Å². The number of carbonyl (C=O) groups excluding carboxylic acids is 2. The molecule has 194 valence electrons. The molecule has 4 rings (SSSR count). The van der Waals surface area contributed by atoms with E-state index in [0.717, 1.165) is 36.1 Å². The van der Waals surface area contributed by atoms with Crippen molar-refractivity contribution in [1.82, 2.24) is 9.80 Å². The Bertz CT molecular complexity index is 1200. The number of unbranched alkanes of at least 4 members (excludes halogenated alkanes) is 2. The molecule has 3 aromatic rings. The Labute approximate surface area is 224 Å². The number of amides is 2. The SMILES string of the molecule is C=CCN(CC(=O)N1CCc2sccc2C1c1ccc(OC)cc1)C(=O)c1ccc(CCCCC)cc1. The van der Waals surface area contributed by atoms with Crippen LogP contribution in [0.3, 0.4) is 0 Å². The van der Waals surface area contributed by atoms with Gasteiger partial charge in [-0.15, -0.1) is 17.9 Å². The van der Waals surface area contributed by atoms with Crippen LogP contribution >= 0.6 is 11.3 Å². The molecule has 0 spiro atoms. The molecule has 6 heteroatoms. The zero-order chi connectivity index (χ0) is 26.2. The van der Waals surface area contributed by atoms with Crippen molar-refractivity contribution in [3.05, 3.63) is 99.8 Å². The van der Waals surface area contributed by atoms with Crippen LogP contribution < -0.4 is 4.74 Å². The number of rotatable bonds is 11. The van der Waals surface area contributed by atoms with E-state index in [1.54, 1.807) is 29.4 Å². The fourth-order valence-electron chi connectivity index (χ4n) is 4.94. The molecular weight excluding hydrogens is 480 g/mol. The molecule has 1 aromatic heterocycles. The summed E-state index contributed by atoms with van der Waals surface area (Å²) in [6.07, 6.45) is 7.06. The Balaban J connectivity index is 1.52. The molecule has 2 heterocycles. The van der Waals surface area contributed by atoms with Crippen LogP contribution in [0.4, 0.5) is 0 Å². The summed E-state index contributed by atoms with van der Waals surface area (Å²) >= 11 is 1.74. The molecule has 0 saturated carbocycles. The summed E-state index contributed by atoms with van der Waals surface area (Å²) in [4.78, 5) is 31.9. The third-order valence-corrected chi connectivity index (χ3v) is 7.95. The van der Waals surface area contributed by atoms with Gasteiger partial charge in [-0.3, -0.25) is 9.59 Å². The van der Waals surface area contributed by atoms with Gasteiger partial charge < -0.3 is 14.5 Å². The highest BCUT2D eigenvalue weighted by molar-refractivity contribution is 7.10. The largest absolute Gasteiger partial charge is 0.497 e. The van der Waals surface area contributed by atoms with Gasteiger partial charge in [0.25, 0.3) is 5.91 Å². The highest BCUT2D eigenvalue weighted by Gasteiger charge is 2.34. The Morgan fingerprint density at radius 3 is 2.54 bits per heavy atom. The van der Waals surface area contributed by atoms with Gasteiger partial charge in [-0.2, -0.15) is 0 Å². The van der Waals surface area contributed by atoms with E-state index in [1.165, 1.54) is 23.3 Å². The summed E-state index contributed by atoms with van der Waals surface area (Å²) in [5.41, 5.74) is 4.03. The predicted molar refractivity (Wildman–Crippen MR) is 150 cm³/mol. The Morgan fingerprint density at radius 2 is 1.86 bits per heavy atom. The number of fused-ring (bicyclic) bond motifs is 1. The Kier molecular flexibility index (Phi) is 9.18. The number of thiophene rings is 1. The molecule has 0 fully saturated rings. The molecule has 2 aromatic carbocycles. The molecular formula is C31H36N2O3S. The molecule has 0 radical (unpaired) electrons. The average molecular weight is 517 g/mol. The number of ether oxygens (including phenoxy) is 1. The summed E-state index contributed by atoms with van der Waals surface area (Å²) in [6, 6.07) is 17.6. The maximum absolute atomic E-state index is 13.7. The average Bonchev–Trinajstić information content (AvgIpc) is 3.41. The highest BCUT2D eigenvalue weighted by atomic mass is 32.1. The Hall–Kier alpha value is -3.38. The lowest BCUT2D eigenvalue weighted by Gasteiger charge is -2.37. The lowest BCUT2D eigenvalue weighted by atomic mass is 9.93. The molecule has 0 bridgehead atoms. The summed E-state index contributed by atoms with van der Waals surface area (Å²) in [7, 11) is 1.65. The molecule has 0 N–H and O–H groups in total. The number of hydrogen-bond donors (Lipinski definition) is 0. The van der Waals surface area contributed by atoms with Crippen molar-refractivity contribution in [2.24, 2.45) is 0 Å². The van der Waals surface area contributed by atoms with E-state index in [2.05, 4.69) is 24.9 Å². The van der Waals surface area contributed by atoms with Gasteiger partial charge in [0, 0.05) is 23.5 Å². The van der Waals surface area contributed by atoms with E-state index in [1.807, 2.05) is 53.4 Å². The van der Waals surface area contributed by atoms with E-state index in [4.69, 9.17) is 4.74 Å². The zero-order valence-electron chi connectivity index (χ0n) is 21.8. The monoisotopic (exact) mass is 516 g/mol. The fraction of sp³-hybridized carbons (Fsp3) is 0.355. The molecule has 37 heavy (non-hydrogen) atoms. The van der Waals surface area contributed by atoms with Gasteiger partial charge in [0.15, 0.2) is 0 Å². The minimum absolute atomic E-state index is 0.00916. The van der Waals surface area contributed by atoms with Crippen LogP contribution in [-0.4, -0.2) is 48.4 Å². The second-order valence-electron chi connectivity index (χ2n) is 9.44. The van der Waals surface area contributed by atoms with Crippen LogP contribution in [0.15, 0.2) is 72.6 Å². The van der Waals surface area contributed by atoms with E-state index in [9.17, 15) is 9.59 Å². The molecule has 0 aliphatic carbocycles. The van der Waals surface area contributed by atoms with Gasteiger partial charge >= 0.3 is 0 Å². The van der Waals surface area contributed by atoms with Gasteiger partial charge in [-0.1, -0.05) is 50.1 Å². The predicted octanol–water partition coefficient (Wildman–Crippen LogP) is 6.29. The molecule has 1 atom stereocenters. The summed E-state index contributed by atoms with van der Waals surface area (Å²) in [6.45, 7) is 6.96. The summed E-state index contributed by atoms with van der Waals surface area (Å²) in [5.74, 6) is 0.564. The van der Waals surface area contributed by atoms with E-state index >= 15 is 0 Å². The first-order valence-corrected chi connectivity index (χ1v) is 13.9. The normalized spacial score (nSPS) is 14.6. The number of nitrogens with zero attached hydrogens (tertiary/aromatic N) is 2. The first kappa shape index (κ1) is 26.7. The van der Waals surface area contributed by atoms with Crippen molar-refractivity contribution in [2.75, 3.05) is 26.7 Å². The molecule has 5 nitrogen and oxygen atoms in total. The van der Waals surface area contributed by atoms with Gasteiger partial charge in [-0.05, 0) is 71.7 Å². The lowest BCUT2D eigenvalue weighted by molar-refractivity contribution is -0.133. The number of carbonyl (C=O) groups is 2. The second-order valence-corrected chi connectivity index (χ2v) is 10.4.